The molecule has 0 atom stereocenters. The van der Waals surface area contributed by atoms with E-state index in [1.54, 1.807) is 7.11 Å². The van der Waals surface area contributed by atoms with Gasteiger partial charge in [0.2, 0.25) is 5.91 Å². The molecule has 0 aromatic heterocycles. The van der Waals surface area contributed by atoms with Gasteiger partial charge in [0, 0.05) is 20.2 Å². The normalized spacial score (nSPS) is 15.5. The fourth-order valence-corrected chi connectivity index (χ4v) is 2.52. The van der Waals surface area contributed by atoms with Gasteiger partial charge in [-0.2, -0.15) is 0 Å². The van der Waals surface area contributed by atoms with E-state index in [0.29, 0.717) is 5.92 Å². The van der Waals surface area contributed by atoms with Crippen molar-refractivity contribution in [3.05, 3.63) is 35.4 Å². The first kappa shape index (κ1) is 16.7. The van der Waals surface area contributed by atoms with Crippen LogP contribution >= 0.6 is 0 Å². The van der Waals surface area contributed by atoms with E-state index in [0.717, 1.165) is 25.9 Å². The van der Waals surface area contributed by atoms with Gasteiger partial charge in [-0.25, -0.2) is 0 Å². The van der Waals surface area contributed by atoms with Crippen molar-refractivity contribution < 1.29 is 9.53 Å². The van der Waals surface area contributed by atoms with Crippen LogP contribution in [-0.4, -0.2) is 37.6 Å². The summed E-state index contributed by atoms with van der Waals surface area (Å²) >= 11 is 0. The molecule has 0 radical (unpaired) electrons. The zero-order valence-corrected chi connectivity index (χ0v) is 13.2. The Labute approximate surface area is 122 Å². The number of rotatable bonds is 3. The van der Waals surface area contributed by atoms with E-state index >= 15 is 0 Å². The monoisotopic (exact) mass is 277 g/mol. The van der Waals surface area contributed by atoms with E-state index in [9.17, 15) is 4.79 Å². The average Bonchev–Trinajstić information content (AvgIpc) is 2.50. The van der Waals surface area contributed by atoms with E-state index in [1.807, 2.05) is 18.7 Å². The Balaban J connectivity index is 0.000000956. The van der Waals surface area contributed by atoms with Crippen LogP contribution in [0.4, 0.5) is 0 Å². The minimum absolute atomic E-state index is 0.111. The summed E-state index contributed by atoms with van der Waals surface area (Å²) in [5.74, 6) is 0.706. The van der Waals surface area contributed by atoms with Crippen LogP contribution in [0.2, 0.25) is 0 Å². The van der Waals surface area contributed by atoms with Gasteiger partial charge in [0.1, 0.15) is 6.61 Å². The molecule has 1 aromatic carbocycles. The Morgan fingerprint density at radius 2 is 1.75 bits per heavy atom. The lowest BCUT2D eigenvalue weighted by Gasteiger charge is -2.32. The van der Waals surface area contributed by atoms with E-state index in [2.05, 4.69) is 31.2 Å². The predicted molar refractivity (Wildman–Crippen MR) is 83.0 cm³/mol. The van der Waals surface area contributed by atoms with Crippen molar-refractivity contribution in [2.45, 2.75) is 39.5 Å². The molecule has 1 saturated heterocycles. The van der Waals surface area contributed by atoms with Gasteiger partial charge in [0.15, 0.2) is 0 Å². The highest BCUT2D eigenvalue weighted by atomic mass is 16.5. The minimum atomic E-state index is 0.111. The lowest BCUT2D eigenvalue weighted by molar-refractivity contribution is -0.136. The second kappa shape index (κ2) is 8.75. The third-order valence-corrected chi connectivity index (χ3v) is 3.66. The molecule has 0 spiro atoms. The molecular formula is C17H27NO2. The van der Waals surface area contributed by atoms with Crippen molar-refractivity contribution in [2.24, 2.45) is 0 Å². The van der Waals surface area contributed by atoms with E-state index < -0.39 is 0 Å². The summed E-state index contributed by atoms with van der Waals surface area (Å²) in [6.07, 6.45) is 2.11. The number of aryl methyl sites for hydroxylation is 1. The first-order valence-corrected chi connectivity index (χ1v) is 7.54. The number of amides is 1. The Kier molecular flexibility index (Phi) is 7.31. The summed E-state index contributed by atoms with van der Waals surface area (Å²) in [7, 11) is 1.57. The molecule has 0 bridgehead atoms. The van der Waals surface area contributed by atoms with Crippen molar-refractivity contribution in [1.29, 1.82) is 0 Å². The van der Waals surface area contributed by atoms with Crippen molar-refractivity contribution >= 4 is 5.91 Å². The highest BCUT2D eigenvalue weighted by molar-refractivity contribution is 5.77. The molecule has 0 saturated carbocycles. The number of likely N-dealkylation sites (tertiary alicyclic amines) is 1. The number of carbonyl (C=O) groups is 1. The number of hydrogen-bond acceptors (Lipinski definition) is 2. The number of methoxy groups -OCH3 is 1. The van der Waals surface area contributed by atoms with Crippen LogP contribution < -0.4 is 0 Å². The number of nitrogens with zero attached hydrogens (tertiary/aromatic N) is 1. The Bertz CT molecular complexity index is 392. The van der Waals surface area contributed by atoms with Gasteiger partial charge < -0.3 is 9.64 Å². The van der Waals surface area contributed by atoms with Gasteiger partial charge in [-0.05, 0) is 31.2 Å². The quantitative estimate of drug-likeness (QED) is 0.847. The number of benzene rings is 1. The fourth-order valence-electron chi connectivity index (χ4n) is 2.52. The Morgan fingerprint density at radius 3 is 2.25 bits per heavy atom. The van der Waals surface area contributed by atoms with Crippen LogP contribution in [0.5, 0.6) is 0 Å². The maximum atomic E-state index is 11.7. The number of carbonyl (C=O) groups excluding carboxylic acids is 1. The van der Waals surface area contributed by atoms with Crippen molar-refractivity contribution in [3.63, 3.8) is 0 Å². The standard InChI is InChI=1S/C15H21NO2.C2H6/c1-12-3-5-13(6-4-12)14-7-9-16(10-8-14)15(17)11-18-2;1-2/h3-6,14H,7-11H2,1-2H3;1-2H3. The van der Waals surface area contributed by atoms with Crippen LogP contribution in [-0.2, 0) is 9.53 Å². The van der Waals surface area contributed by atoms with Crippen molar-refractivity contribution in [3.8, 4) is 0 Å². The number of piperidine rings is 1. The molecule has 1 fully saturated rings. The first-order valence-electron chi connectivity index (χ1n) is 7.54. The molecule has 0 unspecified atom stereocenters. The smallest absolute Gasteiger partial charge is 0.248 e. The van der Waals surface area contributed by atoms with Crippen LogP contribution in [0.25, 0.3) is 0 Å². The summed E-state index contributed by atoms with van der Waals surface area (Å²) in [6, 6.07) is 8.76. The highest BCUT2D eigenvalue weighted by Gasteiger charge is 2.23. The Hall–Kier alpha value is -1.35. The molecular weight excluding hydrogens is 250 g/mol. The second-order valence-corrected chi connectivity index (χ2v) is 5.00. The van der Waals surface area contributed by atoms with E-state index in [4.69, 9.17) is 4.74 Å². The minimum Gasteiger partial charge on any atom is -0.375 e. The maximum Gasteiger partial charge on any atom is 0.248 e. The van der Waals surface area contributed by atoms with Crippen LogP contribution in [0.3, 0.4) is 0 Å². The topological polar surface area (TPSA) is 29.5 Å². The summed E-state index contributed by atoms with van der Waals surface area (Å²) in [4.78, 5) is 13.6. The SMILES string of the molecule is CC.COCC(=O)N1CCC(c2ccc(C)cc2)CC1. The van der Waals surface area contributed by atoms with Gasteiger partial charge >= 0.3 is 0 Å². The summed E-state index contributed by atoms with van der Waals surface area (Å²) in [5.41, 5.74) is 2.70. The highest BCUT2D eigenvalue weighted by Crippen LogP contribution is 2.28. The molecule has 0 aliphatic carbocycles. The molecule has 3 heteroatoms. The zero-order valence-electron chi connectivity index (χ0n) is 13.2. The third kappa shape index (κ3) is 4.64. The molecule has 1 heterocycles. The predicted octanol–water partition coefficient (Wildman–Crippen LogP) is 3.37. The first-order chi connectivity index (χ1) is 9.70. The van der Waals surface area contributed by atoms with Crippen LogP contribution in [0.15, 0.2) is 24.3 Å². The summed E-state index contributed by atoms with van der Waals surface area (Å²) in [5, 5.41) is 0. The zero-order chi connectivity index (χ0) is 15.0. The van der Waals surface area contributed by atoms with Gasteiger partial charge in [-0.1, -0.05) is 43.7 Å². The van der Waals surface area contributed by atoms with E-state index in [-0.39, 0.29) is 12.5 Å². The molecule has 0 N–H and O–H groups in total. The molecule has 2 rings (SSSR count). The second-order valence-electron chi connectivity index (χ2n) is 5.00. The van der Waals surface area contributed by atoms with Gasteiger partial charge in [0.25, 0.3) is 0 Å². The fraction of sp³-hybridized carbons (Fsp3) is 0.588. The van der Waals surface area contributed by atoms with Crippen LogP contribution in [0, 0.1) is 6.92 Å². The molecule has 1 aliphatic rings. The molecule has 1 aromatic rings. The largest absolute Gasteiger partial charge is 0.375 e. The molecule has 1 aliphatic heterocycles. The Morgan fingerprint density at radius 1 is 1.20 bits per heavy atom. The van der Waals surface area contributed by atoms with Gasteiger partial charge in [0.05, 0.1) is 0 Å². The summed E-state index contributed by atoms with van der Waals surface area (Å²) in [6.45, 7) is 8.01. The van der Waals surface area contributed by atoms with Crippen molar-refractivity contribution in [2.75, 3.05) is 26.8 Å². The lowest BCUT2D eigenvalue weighted by Crippen LogP contribution is -2.39. The molecule has 3 nitrogen and oxygen atoms in total. The average molecular weight is 277 g/mol. The van der Waals surface area contributed by atoms with Crippen molar-refractivity contribution in [1.82, 2.24) is 4.90 Å². The van der Waals surface area contributed by atoms with Gasteiger partial charge in [-0.15, -0.1) is 0 Å². The van der Waals surface area contributed by atoms with E-state index in [1.165, 1.54) is 11.1 Å². The maximum absolute atomic E-state index is 11.7. The number of hydrogen-bond donors (Lipinski definition) is 0. The van der Waals surface area contributed by atoms with Crippen LogP contribution in [0.1, 0.15) is 43.7 Å². The molecule has 20 heavy (non-hydrogen) atoms. The lowest BCUT2D eigenvalue weighted by atomic mass is 9.89. The molecule has 1 amide bonds. The molecule has 112 valence electrons. The van der Waals surface area contributed by atoms with Gasteiger partial charge in [-0.3, -0.25) is 4.79 Å². The summed E-state index contributed by atoms with van der Waals surface area (Å²) < 4.78 is 4.89. The number of ether oxygens (including phenoxy) is 1. The third-order valence-electron chi connectivity index (χ3n) is 3.66.